The quantitative estimate of drug-likeness (QED) is 0.856. The predicted octanol–water partition coefficient (Wildman–Crippen LogP) is 3.69. The average molecular weight is 272 g/mol. The lowest BCUT2D eigenvalue weighted by atomic mass is 10.0. The third-order valence-electron chi connectivity index (χ3n) is 5.15. The summed E-state index contributed by atoms with van der Waals surface area (Å²) in [6, 6.07) is 9.62. The highest BCUT2D eigenvalue weighted by molar-refractivity contribution is 5.29. The highest BCUT2D eigenvalue weighted by Crippen LogP contribution is 2.40. The first-order valence-corrected chi connectivity index (χ1v) is 8.28. The summed E-state index contributed by atoms with van der Waals surface area (Å²) in [4.78, 5) is 2.47. The molecule has 1 atom stereocenters. The summed E-state index contributed by atoms with van der Waals surface area (Å²) < 4.78 is 0. The first kappa shape index (κ1) is 14.1. The summed E-state index contributed by atoms with van der Waals surface area (Å²) >= 11 is 0. The summed E-state index contributed by atoms with van der Waals surface area (Å²) in [5, 5.41) is 0. The van der Waals surface area contributed by atoms with Gasteiger partial charge in [-0.15, -0.1) is 0 Å². The van der Waals surface area contributed by atoms with E-state index in [-0.39, 0.29) is 0 Å². The first-order chi connectivity index (χ1) is 9.78. The Bertz CT molecular complexity index is 416. The van der Waals surface area contributed by atoms with Crippen molar-refractivity contribution in [3.8, 4) is 0 Å². The summed E-state index contributed by atoms with van der Waals surface area (Å²) in [6.07, 6.45) is 8.40. The topological polar surface area (TPSA) is 29.3 Å². The molecule has 2 nitrogen and oxygen atoms in total. The molecular formula is C18H28N2. The maximum Gasteiger partial charge on any atom is 0.0467 e. The van der Waals surface area contributed by atoms with Gasteiger partial charge in [0.15, 0.2) is 0 Å². The summed E-state index contributed by atoms with van der Waals surface area (Å²) in [6.45, 7) is 1.91. The minimum atomic E-state index is 0.379. The van der Waals surface area contributed by atoms with E-state index in [9.17, 15) is 0 Å². The molecule has 2 N–H and O–H groups in total. The van der Waals surface area contributed by atoms with E-state index in [1.807, 2.05) is 0 Å². The van der Waals surface area contributed by atoms with Crippen molar-refractivity contribution in [3.63, 3.8) is 0 Å². The number of nitrogens with zero attached hydrogens (tertiary/aromatic N) is 1. The van der Waals surface area contributed by atoms with Crippen LogP contribution in [0.5, 0.6) is 0 Å². The van der Waals surface area contributed by atoms with Gasteiger partial charge in [0.1, 0.15) is 0 Å². The van der Waals surface area contributed by atoms with E-state index in [4.69, 9.17) is 5.73 Å². The SMILES string of the molecule is CN(CC1CCCC1)C(CN)c1ccc(C2CC2)cc1. The maximum absolute atomic E-state index is 6.05. The molecule has 1 aromatic rings. The van der Waals surface area contributed by atoms with Crippen molar-refractivity contribution in [2.75, 3.05) is 20.1 Å². The molecule has 2 heteroatoms. The van der Waals surface area contributed by atoms with E-state index in [1.54, 1.807) is 0 Å². The minimum Gasteiger partial charge on any atom is -0.329 e. The molecular weight excluding hydrogens is 244 g/mol. The van der Waals surface area contributed by atoms with Gasteiger partial charge in [-0.3, -0.25) is 4.90 Å². The van der Waals surface area contributed by atoms with Crippen molar-refractivity contribution in [1.82, 2.24) is 4.90 Å². The molecule has 0 aromatic heterocycles. The Morgan fingerprint density at radius 3 is 2.30 bits per heavy atom. The third-order valence-corrected chi connectivity index (χ3v) is 5.15. The van der Waals surface area contributed by atoms with Crippen LogP contribution in [0.25, 0.3) is 0 Å². The molecule has 1 aromatic carbocycles. The van der Waals surface area contributed by atoms with Crippen LogP contribution in [-0.2, 0) is 0 Å². The molecule has 2 aliphatic carbocycles. The number of hydrogen-bond donors (Lipinski definition) is 1. The summed E-state index contributed by atoms with van der Waals surface area (Å²) in [5.74, 6) is 1.73. The van der Waals surface area contributed by atoms with Crippen molar-refractivity contribution in [3.05, 3.63) is 35.4 Å². The number of rotatable bonds is 6. The van der Waals surface area contributed by atoms with E-state index in [1.165, 1.54) is 56.2 Å². The first-order valence-electron chi connectivity index (χ1n) is 8.28. The van der Waals surface area contributed by atoms with Crippen molar-refractivity contribution in [2.24, 2.45) is 11.7 Å². The van der Waals surface area contributed by atoms with Gasteiger partial charge in [0.2, 0.25) is 0 Å². The Labute approximate surface area is 123 Å². The molecule has 0 bridgehead atoms. The number of benzene rings is 1. The van der Waals surface area contributed by atoms with Crippen LogP contribution in [0.1, 0.15) is 61.6 Å². The molecule has 0 heterocycles. The van der Waals surface area contributed by atoms with E-state index in [0.717, 1.165) is 11.8 Å². The Morgan fingerprint density at radius 2 is 1.75 bits per heavy atom. The van der Waals surface area contributed by atoms with Crippen LogP contribution in [0.4, 0.5) is 0 Å². The maximum atomic E-state index is 6.05. The highest BCUT2D eigenvalue weighted by Gasteiger charge is 2.25. The third kappa shape index (κ3) is 3.24. The van der Waals surface area contributed by atoms with Gasteiger partial charge in [-0.1, -0.05) is 37.1 Å². The smallest absolute Gasteiger partial charge is 0.0467 e. The minimum absolute atomic E-state index is 0.379. The van der Waals surface area contributed by atoms with Gasteiger partial charge in [-0.25, -0.2) is 0 Å². The molecule has 20 heavy (non-hydrogen) atoms. The fraction of sp³-hybridized carbons (Fsp3) is 0.667. The van der Waals surface area contributed by atoms with Crippen LogP contribution in [0.2, 0.25) is 0 Å². The molecule has 110 valence electrons. The second-order valence-corrected chi connectivity index (χ2v) is 6.78. The zero-order valence-electron chi connectivity index (χ0n) is 12.7. The molecule has 0 spiro atoms. The molecule has 0 radical (unpaired) electrons. The van der Waals surface area contributed by atoms with Gasteiger partial charge < -0.3 is 5.73 Å². The fourth-order valence-electron chi connectivity index (χ4n) is 3.70. The second kappa shape index (κ2) is 6.28. The van der Waals surface area contributed by atoms with Crippen LogP contribution < -0.4 is 5.73 Å². The molecule has 2 fully saturated rings. The van der Waals surface area contributed by atoms with Crippen LogP contribution in [0, 0.1) is 5.92 Å². The standard InChI is InChI=1S/C18H28N2/c1-20(13-14-4-2-3-5-14)18(12-19)17-10-8-16(9-11-17)15-6-7-15/h8-11,14-15,18H,2-7,12-13,19H2,1H3. The van der Waals surface area contributed by atoms with Crippen LogP contribution in [0.15, 0.2) is 24.3 Å². The van der Waals surface area contributed by atoms with Crippen LogP contribution >= 0.6 is 0 Å². The van der Waals surface area contributed by atoms with Gasteiger partial charge in [0, 0.05) is 19.1 Å². The van der Waals surface area contributed by atoms with Gasteiger partial charge in [0.25, 0.3) is 0 Å². The van der Waals surface area contributed by atoms with Gasteiger partial charge in [0.05, 0.1) is 0 Å². The van der Waals surface area contributed by atoms with Crippen LogP contribution in [0.3, 0.4) is 0 Å². The zero-order chi connectivity index (χ0) is 13.9. The summed E-state index contributed by atoms with van der Waals surface area (Å²) in [7, 11) is 2.24. The van der Waals surface area contributed by atoms with E-state index < -0.39 is 0 Å². The zero-order valence-corrected chi connectivity index (χ0v) is 12.7. The van der Waals surface area contributed by atoms with Crippen LogP contribution in [-0.4, -0.2) is 25.0 Å². The highest BCUT2D eigenvalue weighted by atomic mass is 15.1. The lowest BCUT2D eigenvalue weighted by Crippen LogP contribution is -2.33. The summed E-state index contributed by atoms with van der Waals surface area (Å²) in [5.41, 5.74) is 8.95. The van der Waals surface area contributed by atoms with Crippen molar-refractivity contribution < 1.29 is 0 Å². The van der Waals surface area contributed by atoms with Gasteiger partial charge in [-0.2, -0.15) is 0 Å². The van der Waals surface area contributed by atoms with E-state index >= 15 is 0 Å². The Kier molecular flexibility index (Phi) is 4.42. The number of nitrogens with two attached hydrogens (primary N) is 1. The lowest BCUT2D eigenvalue weighted by molar-refractivity contribution is 0.212. The molecule has 0 amide bonds. The molecule has 0 aliphatic heterocycles. The number of likely N-dealkylation sites (N-methyl/N-ethyl adjacent to an activating group) is 1. The van der Waals surface area contributed by atoms with Crippen molar-refractivity contribution in [1.29, 1.82) is 0 Å². The normalized spacial score (nSPS) is 21.6. The van der Waals surface area contributed by atoms with Gasteiger partial charge >= 0.3 is 0 Å². The largest absolute Gasteiger partial charge is 0.329 e. The molecule has 2 saturated carbocycles. The number of hydrogen-bond acceptors (Lipinski definition) is 2. The van der Waals surface area contributed by atoms with E-state index in [0.29, 0.717) is 12.6 Å². The van der Waals surface area contributed by atoms with E-state index in [2.05, 4.69) is 36.2 Å². The van der Waals surface area contributed by atoms with Crippen molar-refractivity contribution >= 4 is 0 Å². The second-order valence-electron chi connectivity index (χ2n) is 6.78. The predicted molar refractivity (Wildman–Crippen MR) is 84.8 cm³/mol. The Morgan fingerprint density at radius 1 is 1.10 bits per heavy atom. The van der Waals surface area contributed by atoms with Gasteiger partial charge in [-0.05, 0) is 55.7 Å². The fourth-order valence-corrected chi connectivity index (χ4v) is 3.70. The monoisotopic (exact) mass is 272 g/mol. The average Bonchev–Trinajstić information content (AvgIpc) is 3.19. The molecule has 2 aliphatic rings. The molecule has 0 saturated heterocycles. The Balaban J connectivity index is 1.64. The lowest BCUT2D eigenvalue weighted by Gasteiger charge is -2.29. The molecule has 3 rings (SSSR count). The van der Waals surface area contributed by atoms with Crippen molar-refractivity contribution in [2.45, 2.75) is 50.5 Å². The Hall–Kier alpha value is -0.860. The molecule has 1 unspecified atom stereocenters.